The molecule has 3 rings (SSSR count). The van der Waals surface area contributed by atoms with E-state index >= 15 is 0 Å². The molecule has 0 spiro atoms. The van der Waals surface area contributed by atoms with Gasteiger partial charge in [0.1, 0.15) is 18.5 Å². The number of likely N-dealkylation sites (N-methyl/N-ethyl adjacent to an activating group) is 1. The summed E-state index contributed by atoms with van der Waals surface area (Å²) < 4.78 is 5.77. The van der Waals surface area contributed by atoms with E-state index in [-0.39, 0.29) is 0 Å². The minimum atomic E-state index is -0.415. The van der Waals surface area contributed by atoms with E-state index in [2.05, 4.69) is 29.0 Å². The molecule has 1 saturated heterocycles. The first-order valence-corrected chi connectivity index (χ1v) is 8.04. The quantitative estimate of drug-likeness (QED) is 0.883. The first-order chi connectivity index (χ1) is 10.2. The fourth-order valence-electron chi connectivity index (χ4n) is 3.21. The van der Waals surface area contributed by atoms with Gasteiger partial charge in [0.15, 0.2) is 0 Å². The molecule has 1 N–H and O–H groups in total. The van der Waals surface area contributed by atoms with Crippen LogP contribution < -0.4 is 4.74 Å². The van der Waals surface area contributed by atoms with Crippen LogP contribution in [0.2, 0.25) is 0 Å². The van der Waals surface area contributed by atoms with Crippen molar-refractivity contribution in [1.82, 2.24) is 9.80 Å². The molecular weight excluding hydrogens is 264 g/mol. The number of piperazine rings is 1. The van der Waals surface area contributed by atoms with Gasteiger partial charge in [-0.15, -0.1) is 0 Å². The summed E-state index contributed by atoms with van der Waals surface area (Å²) in [7, 11) is 2.14. The molecule has 0 bridgehead atoms. The number of benzene rings is 1. The van der Waals surface area contributed by atoms with Gasteiger partial charge in [0.25, 0.3) is 0 Å². The third-order valence-electron chi connectivity index (χ3n) is 4.58. The number of hydrogen-bond donors (Lipinski definition) is 1. The van der Waals surface area contributed by atoms with Crippen LogP contribution in [-0.4, -0.2) is 67.4 Å². The first-order valence-electron chi connectivity index (χ1n) is 8.04. The Hall–Kier alpha value is -1.10. The largest absolute Gasteiger partial charge is 0.491 e. The molecule has 1 aromatic carbocycles. The Morgan fingerprint density at radius 3 is 2.71 bits per heavy atom. The minimum Gasteiger partial charge on any atom is -0.491 e. The van der Waals surface area contributed by atoms with Crippen LogP contribution in [0.4, 0.5) is 0 Å². The van der Waals surface area contributed by atoms with Gasteiger partial charge in [-0.25, -0.2) is 0 Å². The molecule has 1 heterocycles. The number of β-amino-alcohol motifs (C(OH)–C–C–N with tert-alkyl or cyclic N) is 1. The lowest BCUT2D eigenvalue weighted by Crippen LogP contribution is -2.47. The number of rotatable bonds is 5. The first kappa shape index (κ1) is 14.8. The number of nitrogens with zero attached hydrogens (tertiary/aromatic N) is 2. The Morgan fingerprint density at radius 2 is 1.90 bits per heavy atom. The van der Waals surface area contributed by atoms with Gasteiger partial charge >= 0.3 is 0 Å². The molecular formula is C17H26N2O2. The summed E-state index contributed by atoms with van der Waals surface area (Å²) in [6.45, 7) is 5.32. The van der Waals surface area contributed by atoms with Crippen molar-refractivity contribution in [1.29, 1.82) is 0 Å². The number of ether oxygens (including phenoxy) is 1. The Kier molecular flexibility index (Phi) is 4.78. The number of aryl methyl sites for hydroxylation is 2. The van der Waals surface area contributed by atoms with E-state index in [9.17, 15) is 5.11 Å². The number of aliphatic hydroxyl groups excluding tert-OH is 1. The van der Waals surface area contributed by atoms with Gasteiger partial charge in [0, 0.05) is 32.7 Å². The molecule has 0 radical (unpaired) electrons. The zero-order valence-electron chi connectivity index (χ0n) is 12.9. The van der Waals surface area contributed by atoms with Crippen LogP contribution >= 0.6 is 0 Å². The summed E-state index contributed by atoms with van der Waals surface area (Å²) in [6, 6.07) is 6.35. The second-order valence-electron chi connectivity index (χ2n) is 6.35. The Balaban J connectivity index is 1.44. The second kappa shape index (κ2) is 6.77. The fraction of sp³-hybridized carbons (Fsp3) is 0.647. The zero-order valence-corrected chi connectivity index (χ0v) is 12.9. The van der Waals surface area contributed by atoms with E-state index in [1.165, 1.54) is 24.0 Å². The van der Waals surface area contributed by atoms with Crippen LogP contribution in [0.3, 0.4) is 0 Å². The molecule has 0 saturated carbocycles. The lowest BCUT2D eigenvalue weighted by molar-refractivity contribution is 0.0504. The molecule has 1 aliphatic carbocycles. The fourth-order valence-corrected chi connectivity index (χ4v) is 3.21. The molecule has 21 heavy (non-hydrogen) atoms. The molecule has 1 aromatic rings. The van der Waals surface area contributed by atoms with E-state index in [1.54, 1.807) is 0 Å². The van der Waals surface area contributed by atoms with Crippen molar-refractivity contribution in [2.24, 2.45) is 0 Å². The third kappa shape index (κ3) is 3.96. The lowest BCUT2D eigenvalue weighted by Gasteiger charge is -2.33. The predicted molar refractivity (Wildman–Crippen MR) is 83.9 cm³/mol. The van der Waals surface area contributed by atoms with Crippen molar-refractivity contribution in [3.8, 4) is 5.75 Å². The Labute approximate surface area is 127 Å². The normalized spacial score (nSPS) is 21.2. The molecule has 0 amide bonds. The van der Waals surface area contributed by atoms with E-state index in [0.717, 1.165) is 38.3 Å². The number of fused-ring (bicyclic) bond motifs is 1. The standard InChI is InChI=1S/C17H26N2O2/c1-18-7-9-19(10-8-18)12-16(20)13-21-17-6-5-14-3-2-4-15(14)11-17/h5-6,11,16,20H,2-4,7-10,12-13H2,1H3/t16-/m0/s1. The van der Waals surface area contributed by atoms with Gasteiger partial charge in [-0.05, 0) is 49.6 Å². The molecule has 4 nitrogen and oxygen atoms in total. The average Bonchev–Trinajstić information content (AvgIpc) is 2.95. The third-order valence-corrected chi connectivity index (χ3v) is 4.58. The molecule has 1 aliphatic heterocycles. The monoisotopic (exact) mass is 290 g/mol. The highest BCUT2D eigenvalue weighted by Gasteiger charge is 2.17. The van der Waals surface area contributed by atoms with Crippen molar-refractivity contribution in [3.05, 3.63) is 29.3 Å². The Morgan fingerprint density at radius 1 is 1.14 bits per heavy atom. The maximum Gasteiger partial charge on any atom is 0.119 e. The van der Waals surface area contributed by atoms with Gasteiger partial charge in [0.05, 0.1) is 0 Å². The zero-order chi connectivity index (χ0) is 14.7. The number of hydrogen-bond acceptors (Lipinski definition) is 4. The molecule has 1 fully saturated rings. The van der Waals surface area contributed by atoms with Gasteiger partial charge in [-0.2, -0.15) is 0 Å². The van der Waals surface area contributed by atoms with E-state index in [0.29, 0.717) is 13.2 Å². The van der Waals surface area contributed by atoms with Crippen LogP contribution in [0.25, 0.3) is 0 Å². The summed E-state index contributed by atoms with van der Waals surface area (Å²) in [5, 5.41) is 10.1. The van der Waals surface area contributed by atoms with Crippen molar-refractivity contribution < 1.29 is 9.84 Å². The van der Waals surface area contributed by atoms with Crippen LogP contribution in [0.15, 0.2) is 18.2 Å². The molecule has 0 unspecified atom stereocenters. The van der Waals surface area contributed by atoms with Gasteiger partial charge < -0.3 is 14.7 Å². The van der Waals surface area contributed by atoms with E-state index < -0.39 is 6.10 Å². The lowest BCUT2D eigenvalue weighted by atomic mass is 10.1. The summed E-state index contributed by atoms with van der Waals surface area (Å²) in [5.74, 6) is 0.896. The maximum atomic E-state index is 10.1. The average molecular weight is 290 g/mol. The summed E-state index contributed by atoms with van der Waals surface area (Å²) >= 11 is 0. The summed E-state index contributed by atoms with van der Waals surface area (Å²) in [6.07, 6.45) is 3.20. The summed E-state index contributed by atoms with van der Waals surface area (Å²) in [4.78, 5) is 4.64. The molecule has 0 aromatic heterocycles. The van der Waals surface area contributed by atoms with Crippen LogP contribution in [-0.2, 0) is 12.8 Å². The van der Waals surface area contributed by atoms with Crippen LogP contribution in [0.1, 0.15) is 17.5 Å². The molecule has 1 atom stereocenters. The van der Waals surface area contributed by atoms with Crippen molar-refractivity contribution in [2.45, 2.75) is 25.4 Å². The van der Waals surface area contributed by atoms with Crippen LogP contribution in [0, 0.1) is 0 Å². The minimum absolute atomic E-state index is 0.380. The number of aliphatic hydroxyl groups is 1. The van der Waals surface area contributed by atoms with E-state index in [1.807, 2.05) is 6.07 Å². The second-order valence-corrected chi connectivity index (χ2v) is 6.35. The summed E-state index contributed by atoms with van der Waals surface area (Å²) in [5.41, 5.74) is 2.88. The maximum absolute atomic E-state index is 10.1. The van der Waals surface area contributed by atoms with Crippen molar-refractivity contribution in [3.63, 3.8) is 0 Å². The smallest absolute Gasteiger partial charge is 0.119 e. The van der Waals surface area contributed by atoms with Crippen molar-refractivity contribution >= 4 is 0 Å². The SMILES string of the molecule is CN1CCN(C[C@H](O)COc2ccc3c(c2)CCC3)CC1. The highest BCUT2D eigenvalue weighted by atomic mass is 16.5. The Bertz CT molecular complexity index is 470. The highest BCUT2D eigenvalue weighted by Crippen LogP contribution is 2.26. The van der Waals surface area contributed by atoms with Gasteiger partial charge in [0.2, 0.25) is 0 Å². The highest BCUT2D eigenvalue weighted by molar-refractivity contribution is 5.38. The molecule has 4 heteroatoms. The van der Waals surface area contributed by atoms with E-state index in [4.69, 9.17) is 4.74 Å². The van der Waals surface area contributed by atoms with Gasteiger partial charge in [-0.3, -0.25) is 4.90 Å². The van der Waals surface area contributed by atoms with Gasteiger partial charge in [-0.1, -0.05) is 6.07 Å². The molecule has 116 valence electrons. The topological polar surface area (TPSA) is 35.9 Å². The van der Waals surface area contributed by atoms with Crippen molar-refractivity contribution in [2.75, 3.05) is 46.4 Å². The van der Waals surface area contributed by atoms with Crippen LogP contribution in [0.5, 0.6) is 5.75 Å². The predicted octanol–water partition coefficient (Wildman–Crippen LogP) is 1.16. The molecule has 2 aliphatic rings.